The van der Waals surface area contributed by atoms with Crippen molar-refractivity contribution in [3.63, 3.8) is 0 Å². The van der Waals surface area contributed by atoms with Gasteiger partial charge in [0, 0.05) is 29.4 Å². The molecule has 1 unspecified atom stereocenters. The van der Waals surface area contributed by atoms with Crippen molar-refractivity contribution in [3.05, 3.63) is 29.3 Å². The number of aliphatic carboxylic acids is 1. The van der Waals surface area contributed by atoms with Crippen LogP contribution in [0, 0.1) is 0 Å². The number of carboxylic acid groups (broad SMARTS) is 1. The van der Waals surface area contributed by atoms with E-state index in [-0.39, 0.29) is 30.3 Å². The number of carbonyl (C=O) groups is 2. The van der Waals surface area contributed by atoms with E-state index in [9.17, 15) is 23.1 Å². The average Bonchev–Trinajstić information content (AvgIpc) is 3.03. The minimum absolute atomic E-state index is 0.0445. The SMILES string of the molecule is CC(C)(C)OC(=O)N1CCN(S(=O)(=O)c2cc3ccc(Cl)cc3s2)CC1CC(=O)O. The minimum atomic E-state index is -3.85. The number of thiophene rings is 1. The van der Waals surface area contributed by atoms with Crippen LogP contribution in [0.4, 0.5) is 4.79 Å². The van der Waals surface area contributed by atoms with E-state index in [0.717, 1.165) is 21.4 Å². The number of amides is 1. The zero-order chi connectivity index (χ0) is 22.3. The zero-order valence-corrected chi connectivity index (χ0v) is 19.2. The number of hydrogen-bond acceptors (Lipinski definition) is 6. The molecule has 2 aromatic rings. The molecule has 1 amide bonds. The van der Waals surface area contributed by atoms with E-state index in [0.29, 0.717) is 5.02 Å². The summed E-state index contributed by atoms with van der Waals surface area (Å²) in [6.07, 6.45) is -1.03. The van der Waals surface area contributed by atoms with Gasteiger partial charge in [0.05, 0.1) is 12.5 Å². The van der Waals surface area contributed by atoms with Gasteiger partial charge in [-0.05, 0) is 44.4 Å². The summed E-state index contributed by atoms with van der Waals surface area (Å²) in [5.41, 5.74) is -0.744. The Morgan fingerprint density at radius 1 is 1.27 bits per heavy atom. The van der Waals surface area contributed by atoms with Crippen LogP contribution in [0.1, 0.15) is 27.2 Å². The highest BCUT2D eigenvalue weighted by atomic mass is 35.5. The van der Waals surface area contributed by atoms with E-state index >= 15 is 0 Å². The molecule has 1 aromatic heterocycles. The summed E-state index contributed by atoms with van der Waals surface area (Å²) < 4.78 is 33.9. The van der Waals surface area contributed by atoms with Crippen molar-refractivity contribution in [1.29, 1.82) is 0 Å². The van der Waals surface area contributed by atoms with E-state index in [1.165, 1.54) is 9.21 Å². The lowest BCUT2D eigenvalue weighted by atomic mass is 10.1. The molecule has 0 radical (unpaired) electrons. The first-order valence-corrected chi connectivity index (χ1v) is 11.9. The van der Waals surface area contributed by atoms with Gasteiger partial charge in [0.2, 0.25) is 0 Å². The molecule has 11 heteroatoms. The van der Waals surface area contributed by atoms with Gasteiger partial charge in [-0.2, -0.15) is 4.31 Å². The van der Waals surface area contributed by atoms with Crippen LogP contribution in [0.15, 0.2) is 28.5 Å². The molecular weight excluding hydrogens is 452 g/mol. The highest BCUT2D eigenvalue weighted by Crippen LogP contribution is 2.33. The highest BCUT2D eigenvalue weighted by Gasteiger charge is 2.39. The molecule has 1 N–H and O–H groups in total. The standard InChI is InChI=1S/C19H23ClN2O6S2/c1-19(2,3)28-18(25)22-7-6-21(11-14(22)10-16(23)24)30(26,27)17-8-12-4-5-13(20)9-15(12)29-17/h4-5,8-9,14H,6-7,10-11H2,1-3H3,(H,23,24). The normalized spacial score (nSPS) is 18.5. The number of rotatable bonds is 4. The monoisotopic (exact) mass is 474 g/mol. The molecule has 0 bridgehead atoms. The fraction of sp³-hybridized carbons (Fsp3) is 0.474. The highest BCUT2D eigenvalue weighted by molar-refractivity contribution is 7.91. The predicted octanol–water partition coefficient (Wildman–Crippen LogP) is 3.64. The van der Waals surface area contributed by atoms with Crippen molar-refractivity contribution in [2.45, 2.75) is 43.0 Å². The number of hydrogen-bond donors (Lipinski definition) is 1. The molecule has 1 aliphatic heterocycles. The number of nitrogens with zero attached hydrogens (tertiary/aromatic N) is 2. The lowest BCUT2D eigenvalue weighted by Gasteiger charge is -2.40. The van der Waals surface area contributed by atoms with Gasteiger partial charge in [-0.15, -0.1) is 11.3 Å². The van der Waals surface area contributed by atoms with Gasteiger partial charge in [0.1, 0.15) is 9.81 Å². The van der Waals surface area contributed by atoms with E-state index in [2.05, 4.69) is 0 Å². The van der Waals surface area contributed by atoms with Crippen molar-refractivity contribution in [2.75, 3.05) is 19.6 Å². The maximum absolute atomic E-state index is 13.2. The summed E-state index contributed by atoms with van der Waals surface area (Å²) in [6, 6.07) is 5.90. The summed E-state index contributed by atoms with van der Waals surface area (Å²) >= 11 is 7.10. The number of fused-ring (bicyclic) bond motifs is 1. The molecule has 8 nitrogen and oxygen atoms in total. The zero-order valence-electron chi connectivity index (χ0n) is 16.8. The fourth-order valence-corrected chi connectivity index (χ4v) is 6.51. The molecule has 1 aliphatic rings. The van der Waals surface area contributed by atoms with Crippen LogP contribution in [0.2, 0.25) is 5.02 Å². The predicted molar refractivity (Wildman–Crippen MR) is 115 cm³/mol. The third-order valence-electron chi connectivity index (χ3n) is 4.54. The van der Waals surface area contributed by atoms with Crippen LogP contribution >= 0.6 is 22.9 Å². The van der Waals surface area contributed by atoms with Gasteiger partial charge in [-0.25, -0.2) is 13.2 Å². The third kappa shape index (κ3) is 5.05. The molecule has 1 saturated heterocycles. The molecule has 1 atom stereocenters. The Morgan fingerprint density at radius 3 is 2.60 bits per heavy atom. The number of ether oxygens (including phenoxy) is 1. The van der Waals surface area contributed by atoms with Crippen molar-refractivity contribution in [1.82, 2.24) is 9.21 Å². The number of piperazine rings is 1. The largest absolute Gasteiger partial charge is 0.481 e. The number of carbonyl (C=O) groups excluding carboxylic acids is 1. The molecular formula is C19H23ClN2O6S2. The maximum Gasteiger partial charge on any atom is 0.410 e. The molecule has 2 heterocycles. The Bertz CT molecular complexity index is 1080. The molecule has 0 spiro atoms. The van der Waals surface area contributed by atoms with Gasteiger partial charge in [-0.3, -0.25) is 4.79 Å². The summed E-state index contributed by atoms with van der Waals surface area (Å²) in [7, 11) is -3.85. The molecule has 0 saturated carbocycles. The lowest BCUT2D eigenvalue weighted by molar-refractivity contribution is -0.138. The van der Waals surface area contributed by atoms with E-state index in [4.69, 9.17) is 16.3 Å². The number of sulfonamides is 1. The number of carboxylic acids is 1. The fourth-order valence-electron chi connectivity index (χ4n) is 3.22. The van der Waals surface area contributed by atoms with Crippen LogP contribution in [0.5, 0.6) is 0 Å². The quantitative estimate of drug-likeness (QED) is 0.725. The van der Waals surface area contributed by atoms with Crippen molar-refractivity contribution < 1.29 is 27.9 Å². The summed E-state index contributed by atoms with van der Waals surface area (Å²) in [4.78, 5) is 25.2. The Morgan fingerprint density at radius 2 is 1.97 bits per heavy atom. The summed E-state index contributed by atoms with van der Waals surface area (Å²) in [5, 5.41) is 10.5. The lowest BCUT2D eigenvalue weighted by Crippen LogP contribution is -2.57. The van der Waals surface area contributed by atoms with Crippen molar-refractivity contribution in [2.24, 2.45) is 0 Å². The second-order valence-corrected chi connectivity index (χ2v) is 11.7. The van der Waals surface area contributed by atoms with E-state index in [1.807, 2.05) is 0 Å². The second kappa shape index (κ2) is 8.33. The molecule has 0 aliphatic carbocycles. The van der Waals surface area contributed by atoms with Gasteiger partial charge < -0.3 is 14.7 Å². The second-order valence-electron chi connectivity index (χ2n) is 8.04. The Hall–Kier alpha value is -1.88. The molecule has 164 valence electrons. The summed E-state index contributed by atoms with van der Waals surface area (Å²) in [5.74, 6) is -1.12. The number of halogens is 1. The number of benzene rings is 1. The first-order valence-electron chi connectivity index (χ1n) is 9.27. The maximum atomic E-state index is 13.2. The topological polar surface area (TPSA) is 104 Å². The van der Waals surface area contributed by atoms with E-state index in [1.54, 1.807) is 45.0 Å². The summed E-state index contributed by atoms with van der Waals surface area (Å²) in [6.45, 7) is 5.11. The smallest absolute Gasteiger partial charge is 0.410 e. The van der Waals surface area contributed by atoms with Crippen molar-refractivity contribution >= 4 is 55.1 Å². The average molecular weight is 475 g/mol. The van der Waals surface area contributed by atoms with Gasteiger partial charge in [0.25, 0.3) is 10.0 Å². The molecule has 1 fully saturated rings. The van der Waals surface area contributed by atoms with Crippen LogP contribution < -0.4 is 0 Å². The first kappa shape index (κ1) is 22.8. The van der Waals surface area contributed by atoms with E-state index < -0.39 is 33.7 Å². The van der Waals surface area contributed by atoms with Crippen LogP contribution in [-0.4, -0.2) is 66.1 Å². The van der Waals surface area contributed by atoms with Gasteiger partial charge in [0.15, 0.2) is 0 Å². The van der Waals surface area contributed by atoms with Crippen molar-refractivity contribution in [3.8, 4) is 0 Å². The van der Waals surface area contributed by atoms with Gasteiger partial charge >= 0.3 is 12.1 Å². The Balaban J connectivity index is 1.85. The van der Waals surface area contributed by atoms with Crippen LogP contribution in [-0.2, 0) is 19.6 Å². The van der Waals surface area contributed by atoms with Gasteiger partial charge in [-0.1, -0.05) is 17.7 Å². The molecule has 1 aromatic carbocycles. The molecule has 30 heavy (non-hydrogen) atoms. The minimum Gasteiger partial charge on any atom is -0.481 e. The first-order chi connectivity index (χ1) is 13.9. The molecule has 3 rings (SSSR count). The van der Waals surface area contributed by atoms with Crippen LogP contribution in [0.3, 0.4) is 0 Å². The van der Waals surface area contributed by atoms with Crippen LogP contribution in [0.25, 0.3) is 10.1 Å². The third-order valence-corrected chi connectivity index (χ3v) is 8.18. The Kier molecular flexibility index (Phi) is 6.33. The Labute approximate surface area is 184 Å².